The van der Waals surface area contributed by atoms with Gasteiger partial charge < -0.3 is 13.9 Å². The zero-order chi connectivity index (χ0) is 16.9. The second-order valence-corrected chi connectivity index (χ2v) is 5.75. The number of benzene rings is 1. The standard InChI is InChI=1S/C17H20N4O3/c1-12-19-20-17(24-12)16-9-15(22-2)11-21(16)6-7-23-14-5-3-4-13(8-14)10-18/h3-5,8,15-16H,6-7,9,11H2,1-2H3/t15-,16+/m0/s1. The molecule has 0 radical (unpaired) electrons. The predicted molar refractivity (Wildman–Crippen MR) is 85.4 cm³/mol. The fraction of sp³-hybridized carbons (Fsp3) is 0.471. The van der Waals surface area contributed by atoms with E-state index in [1.54, 1.807) is 26.2 Å². The van der Waals surface area contributed by atoms with Gasteiger partial charge in [-0.1, -0.05) is 6.07 Å². The molecule has 0 aliphatic carbocycles. The van der Waals surface area contributed by atoms with Crippen LogP contribution in [-0.4, -0.2) is 48.0 Å². The molecule has 2 heterocycles. The zero-order valence-electron chi connectivity index (χ0n) is 13.8. The average Bonchev–Trinajstić information content (AvgIpc) is 3.21. The first-order chi connectivity index (χ1) is 11.7. The Bertz CT molecular complexity index is 725. The predicted octanol–water partition coefficient (Wildman–Crippen LogP) is 2.09. The molecule has 1 aromatic carbocycles. The molecule has 7 nitrogen and oxygen atoms in total. The molecule has 1 aliphatic rings. The Hall–Kier alpha value is -2.43. The maximum Gasteiger partial charge on any atom is 0.233 e. The minimum Gasteiger partial charge on any atom is -0.492 e. The van der Waals surface area contributed by atoms with E-state index in [4.69, 9.17) is 19.2 Å². The summed E-state index contributed by atoms with van der Waals surface area (Å²) in [5, 5.41) is 17.0. The normalized spacial score (nSPS) is 20.9. The Kier molecular flexibility index (Phi) is 5.08. The minimum absolute atomic E-state index is 0.0465. The number of hydrogen-bond acceptors (Lipinski definition) is 7. The lowest BCUT2D eigenvalue weighted by Crippen LogP contribution is -2.29. The van der Waals surface area contributed by atoms with E-state index in [0.29, 0.717) is 36.2 Å². The van der Waals surface area contributed by atoms with Gasteiger partial charge in [-0.25, -0.2) is 0 Å². The Labute approximate surface area is 140 Å². The van der Waals surface area contributed by atoms with Crippen LogP contribution in [0.25, 0.3) is 0 Å². The van der Waals surface area contributed by atoms with Crippen LogP contribution in [0.3, 0.4) is 0 Å². The van der Waals surface area contributed by atoms with E-state index in [2.05, 4.69) is 21.2 Å². The molecule has 2 aromatic rings. The summed E-state index contributed by atoms with van der Waals surface area (Å²) in [6, 6.07) is 9.31. The van der Waals surface area contributed by atoms with Crippen LogP contribution in [0.4, 0.5) is 0 Å². The third-order valence-corrected chi connectivity index (χ3v) is 4.14. The highest BCUT2D eigenvalue weighted by Gasteiger charge is 2.36. The van der Waals surface area contributed by atoms with Crippen molar-refractivity contribution in [2.75, 3.05) is 26.8 Å². The molecule has 0 bridgehead atoms. The van der Waals surface area contributed by atoms with Crippen LogP contribution in [0.15, 0.2) is 28.7 Å². The number of likely N-dealkylation sites (tertiary alicyclic amines) is 1. The number of nitrogens with zero attached hydrogens (tertiary/aromatic N) is 4. The van der Waals surface area contributed by atoms with Crippen molar-refractivity contribution in [1.82, 2.24) is 15.1 Å². The first-order valence-electron chi connectivity index (χ1n) is 7.89. The summed E-state index contributed by atoms with van der Waals surface area (Å²) in [6.07, 6.45) is 0.964. The van der Waals surface area contributed by atoms with Crippen molar-refractivity contribution < 1.29 is 13.9 Å². The van der Waals surface area contributed by atoms with E-state index in [9.17, 15) is 0 Å². The number of aryl methyl sites for hydroxylation is 1. The zero-order valence-corrected chi connectivity index (χ0v) is 13.8. The summed E-state index contributed by atoms with van der Waals surface area (Å²) in [5.41, 5.74) is 0.590. The van der Waals surface area contributed by atoms with E-state index in [0.717, 1.165) is 13.0 Å². The van der Waals surface area contributed by atoms with Gasteiger partial charge in [0, 0.05) is 27.1 Å². The van der Waals surface area contributed by atoms with Crippen LogP contribution in [0.1, 0.15) is 29.8 Å². The van der Waals surface area contributed by atoms with Crippen molar-refractivity contribution in [3.8, 4) is 11.8 Å². The number of rotatable bonds is 6. The lowest BCUT2D eigenvalue weighted by Gasteiger charge is -2.21. The van der Waals surface area contributed by atoms with Gasteiger partial charge in [0.25, 0.3) is 0 Å². The number of ether oxygens (including phenoxy) is 2. The molecule has 2 atom stereocenters. The highest BCUT2D eigenvalue weighted by atomic mass is 16.5. The average molecular weight is 328 g/mol. The maximum atomic E-state index is 8.93. The fourth-order valence-corrected chi connectivity index (χ4v) is 2.92. The van der Waals surface area contributed by atoms with Crippen molar-refractivity contribution in [1.29, 1.82) is 5.26 Å². The molecule has 126 valence electrons. The first kappa shape index (κ1) is 16.4. The van der Waals surface area contributed by atoms with E-state index < -0.39 is 0 Å². The van der Waals surface area contributed by atoms with Crippen LogP contribution in [0.5, 0.6) is 5.75 Å². The summed E-state index contributed by atoms with van der Waals surface area (Å²) in [6.45, 7) is 3.80. The van der Waals surface area contributed by atoms with Crippen LogP contribution >= 0.6 is 0 Å². The van der Waals surface area contributed by atoms with Gasteiger partial charge in [0.1, 0.15) is 12.4 Å². The second-order valence-electron chi connectivity index (χ2n) is 5.75. The molecular weight excluding hydrogens is 308 g/mol. The van der Waals surface area contributed by atoms with E-state index in [1.807, 2.05) is 12.1 Å². The summed E-state index contributed by atoms with van der Waals surface area (Å²) >= 11 is 0. The molecule has 1 saturated heterocycles. The van der Waals surface area contributed by atoms with E-state index in [-0.39, 0.29) is 12.1 Å². The maximum absolute atomic E-state index is 8.93. The molecule has 0 N–H and O–H groups in total. The lowest BCUT2D eigenvalue weighted by atomic mass is 10.2. The fourth-order valence-electron chi connectivity index (χ4n) is 2.92. The van der Waals surface area contributed by atoms with Gasteiger partial charge in [-0.3, -0.25) is 4.90 Å². The Morgan fingerprint density at radius 1 is 1.42 bits per heavy atom. The number of nitriles is 1. The minimum atomic E-state index is 0.0465. The van der Waals surface area contributed by atoms with Crippen LogP contribution in [-0.2, 0) is 4.74 Å². The smallest absolute Gasteiger partial charge is 0.233 e. The highest BCUT2D eigenvalue weighted by Crippen LogP contribution is 2.32. The molecule has 1 aliphatic heterocycles. The number of methoxy groups -OCH3 is 1. The summed E-state index contributed by atoms with van der Waals surface area (Å²) in [5.74, 6) is 1.88. The molecule has 1 aromatic heterocycles. The molecule has 0 unspecified atom stereocenters. The number of hydrogen-bond donors (Lipinski definition) is 0. The van der Waals surface area contributed by atoms with Gasteiger partial charge in [-0.05, 0) is 24.6 Å². The Morgan fingerprint density at radius 2 is 2.29 bits per heavy atom. The van der Waals surface area contributed by atoms with Crippen molar-refractivity contribution >= 4 is 0 Å². The van der Waals surface area contributed by atoms with Gasteiger partial charge in [0.05, 0.1) is 23.8 Å². The summed E-state index contributed by atoms with van der Waals surface area (Å²) in [7, 11) is 1.72. The SMILES string of the molecule is CO[C@H]1C[C@H](c2nnc(C)o2)N(CCOc2cccc(C#N)c2)C1. The Balaban J connectivity index is 1.60. The lowest BCUT2D eigenvalue weighted by molar-refractivity contribution is 0.105. The molecule has 3 rings (SSSR count). The third kappa shape index (κ3) is 3.72. The molecular formula is C17H20N4O3. The van der Waals surface area contributed by atoms with Crippen LogP contribution in [0.2, 0.25) is 0 Å². The van der Waals surface area contributed by atoms with Gasteiger partial charge >= 0.3 is 0 Å². The first-order valence-corrected chi connectivity index (χ1v) is 7.89. The van der Waals surface area contributed by atoms with Crippen LogP contribution in [0, 0.1) is 18.3 Å². The highest BCUT2D eigenvalue weighted by molar-refractivity contribution is 5.36. The topological polar surface area (TPSA) is 84.4 Å². The van der Waals surface area contributed by atoms with Crippen molar-refractivity contribution in [3.05, 3.63) is 41.6 Å². The van der Waals surface area contributed by atoms with Gasteiger partial charge in [0.15, 0.2) is 0 Å². The largest absolute Gasteiger partial charge is 0.492 e. The number of aromatic nitrogens is 2. The van der Waals surface area contributed by atoms with Crippen molar-refractivity contribution in [2.24, 2.45) is 0 Å². The molecule has 24 heavy (non-hydrogen) atoms. The molecule has 7 heteroatoms. The molecule has 0 spiro atoms. The van der Waals surface area contributed by atoms with Gasteiger partial charge in [-0.15, -0.1) is 10.2 Å². The van der Waals surface area contributed by atoms with Crippen molar-refractivity contribution in [3.63, 3.8) is 0 Å². The van der Waals surface area contributed by atoms with Gasteiger partial charge in [0.2, 0.25) is 11.8 Å². The third-order valence-electron chi connectivity index (χ3n) is 4.14. The Morgan fingerprint density at radius 3 is 3.00 bits per heavy atom. The van der Waals surface area contributed by atoms with Crippen LogP contribution < -0.4 is 4.74 Å². The van der Waals surface area contributed by atoms with Gasteiger partial charge in [-0.2, -0.15) is 5.26 Å². The molecule has 0 saturated carbocycles. The summed E-state index contributed by atoms with van der Waals surface area (Å²) in [4.78, 5) is 2.23. The molecule has 1 fully saturated rings. The quantitative estimate of drug-likeness (QED) is 0.802. The van der Waals surface area contributed by atoms with E-state index in [1.165, 1.54) is 0 Å². The summed E-state index contributed by atoms with van der Waals surface area (Å²) < 4.78 is 16.8. The second kappa shape index (κ2) is 7.43. The molecule has 0 amide bonds. The monoisotopic (exact) mass is 328 g/mol. The van der Waals surface area contributed by atoms with Crippen molar-refractivity contribution in [2.45, 2.75) is 25.5 Å². The van der Waals surface area contributed by atoms with E-state index >= 15 is 0 Å².